The molecule has 0 heterocycles. The number of carbonyl (C=O) groups is 1. The molecule has 2 aromatic carbocycles. The van der Waals surface area contributed by atoms with Crippen molar-refractivity contribution < 1.29 is 4.79 Å². The molecule has 0 radical (unpaired) electrons. The maximum Gasteiger partial charge on any atom is 0.319 e. The molecule has 2 atom stereocenters. The molecular weight excluding hydrogens is 316 g/mol. The van der Waals surface area contributed by atoms with Crippen molar-refractivity contribution in [3.05, 3.63) is 59.7 Å². The first-order valence-electron chi connectivity index (χ1n) is 8.35. The molecule has 0 bridgehead atoms. The summed E-state index contributed by atoms with van der Waals surface area (Å²) in [6.07, 6.45) is 3.15. The summed E-state index contributed by atoms with van der Waals surface area (Å²) in [7, 11) is 0. The molecular formula is C20H26N2OS. The Kier molecular flexibility index (Phi) is 6.73. The molecule has 0 aliphatic heterocycles. The molecule has 0 aromatic heterocycles. The number of nitrogens with one attached hydrogen (secondary N) is 2. The fourth-order valence-corrected chi connectivity index (χ4v) is 2.96. The maximum absolute atomic E-state index is 12.2. The summed E-state index contributed by atoms with van der Waals surface area (Å²) in [5.74, 6) is 0.564. The molecule has 0 aliphatic rings. The van der Waals surface area contributed by atoms with Crippen LogP contribution in [0.3, 0.4) is 0 Å². The van der Waals surface area contributed by atoms with Gasteiger partial charge in [0.25, 0.3) is 0 Å². The fraction of sp³-hybridized carbons (Fsp3) is 0.350. The van der Waals surface area contributed by atoms with E-state index in [2.05, 4.69) is 48.7 Å². The van der Waals surface area contributed by atoms with Crippen molar-refractivity contribution in [1.29, 1.82) is 0 Å². The lowest BCUT2D eigenvalue weighted by atomic mass is 9.96. The van der Waals surface area contributed by atoms with Gasteiger partial charge in [0, 0.05) is 10.6 Å². The number of urea groups is 1. The Morgan fingerprint density at radius 2 is 1.75 bits per heavy atom. The highest BCUT2D eigenvalue weighted by Crippen LogP contribution is 2.22. The van der Waals surface area contributed by atoms with Gasteiger partial charge in [-0.1, -0.05) is 44.2 Å². The minimum Gasteiger partial charge on any atom is -0.331 e. The van der Waals surface area contributed by atoms with Gasteiger partial charge in [0.1, 0.15) is 0 Å². The summed E-state index contributed by atoms with van der Waals surface area (Å²) < 4.78 is 0. The summed E-state index contributed by atoms with van der Waals surface area (Å²) in [6.45, 7) is 6.42. The predicted octanol–water partition coefficient (Wildman–Crippen LogP) is 5.80. The van der Waals surface area contributed by atoms with Gasteiger partial charge in [-0.2, -0.15) is 0 Å². The summed E-state index contributed by atoms with van der Waals surface area (Å²) in [4.78, 5) is 13.3. The van der Waals surface area contributed by atoms with E-state index in [9.17, 15) is 4.79 Å². The molecule has 2 aromatic rings. The molecule has 2 unspecified atom stereocenters. The number of anilines is 1. The van der Waals surface area contributed by atoms with Crippen LogP contribution < -0.4 is 10.6 Å². The predicted molar refractivity (Wildman–Crippen MR) is 104 cm³/mol. The lowest BCUT2D eigenvalue weighted by Crippen LogP contribution is -2.31. The number of rotatable bonds is 6. The van der Waals surface area contributed by atoms with Crippen molar-refractivity contribution >= 4 is 23.5 Å². The zero-order chi connectivity index (χ0) is 17.5. The first kappa shape index (κ1) is 18.4. The van der Waals surface area contributed by atoms with Crippen molar-refractivity contribution in [3.63, 3.8) is 0 Å². The van der Waals surface area contributed by atoms with Crippen LogP contribution in [0.5, 0.6) is 0 Å². The van der Waals surface area contributed by atoms with Gasteiger partial charge in [0.2, 0.25) is 0 Å². The van der Waals surface area contributed by atoms with Gasteiger partial charge in [-0.05, 0) is 54.8 Å². The van der Waals surface area contributed by atoms with Crippen molar-refractivity contribution in [3.8, 4) is 0 Å². The molecule has 2 amide bonds. The van der Waals surface area contributed by atoms with E-state index in [0.717, 1.165) is 22.6 Å². The second-order valence-electron chi connectivity index (χ2n) is 6.03. The lowest BCUT2D eigenvalue weighted by Gasteiger charge is -2.17. The third-order valence-electron chi connectivity index (χ3n) is 4.29. The Labute approximate surface area is 149 Å². The molecule has 0 saturated heterocycles. The van der Waals surface area contributed by atoms with Gasteiger partial charge in [0.15, 0.2) is 0 Å². The third kappa shape index (κ3) is 5.03. The Bertz CT molecular complexity index is 670. The van der Waals surface area contributed by atoms with Crippen LogP contribution in [-0.2, 0) is 0 Å². The molecule has 2 N–H and O–H groups in total. The van der Waals surface area contributed by atoms with E-state index in [1.54, 1.807) is 11.8 Å². The van der Waals surface area contributed by atoms with Gasteiger partial charge in [-0.15, -0.1) is 11.8 Å². The van der Waals surface area contributed by atoms with Crippen molar-refractivity contribution in [2.24, 2.45) is 0 Å². The molecule has 0 fully saturated rings. The maximum atomic E-state index is 12.2. The van der Waals surface area contributed by atoms with E-state index in [-0.39, 0.29) is 12.1 Å². The summed E-state index contributed by atoms with van der Waals surface area (Å²) in [5.41, 5.74) is 3.25. The van der Waals surface area contributed by atoms with Crippen molar-refractivity contribution in [1.82, 2.24) is 5.32 Å². The van der Waals surface area contributed by atoms with Gasteiger partial charge in [-0.25, -0.2) is 4.79 Å². The highest BCUT2D eigenvalue weighted by molar-refractivity contribution is 7.98. The smallest absolute Gasteiger partial charge is 0.319 e. The van der Waals surface area contributed by atoms with Crippen molar-refractivity contribution in [2.45, 2.75) is 44.0 Å². The average molecular weight is 343 g/mol. The molecule has 0 spiro atoms. The number of hydrogen-bond acceptors (Lipinski definition) is 2. The minimum atomic E-state index is -0.188. The zero-order valence-corrected chi connectivity index (χ0v) is 15.6. The van der Waals surface area contributed by atoms with Gasteiger partial charge >= 0.3 is 6.03 Å². The highest BCUT2D eigenvalue weighted by Gasteiger charge is 2.11. The molecule has 0 aliphatic carbocycles. The third-order valence-corrected chi connectivity index (χ3v) is 5.02. The van der Waals surface area contributed by atoms with Crippen LogP contribution >= 0.6 is 11.8 Å². The number of thioether (sulfide) groups is 1. The van der Waals surface area contributed by atoms with E-state index in [4.69, 9.17) is 0 Å². The first-order valence-corrected chi connectivity index (χ1v) is 9.57. The van der Waals surface area contributed by atoms with E-state index < -0.39 is 0 Å². The summed E-state index contributed by atoms with van der Waals surface area (Å²) in [5, 5.41) is 5.88. The molecule has 4 heteroatoms. The van der Waals surface area contributed by atoms with Crippen LogP contribution in [0.4, 0.5) is 10.5 Å². The van der Waals surface area contributed by atoms with Gasteiger partial charge < -0.3 is 10.6 Å². The first-order chi connectivity index (χ1) is 11.5. The van der Waals surface area contributed by atoms with Crippen molar-refractivity contribution in [2.75, 3.05) is 11.6 Å². The van der Waals surface area contributed by atoms with Crippen LogP contribution in [0.15, 0.2) is 53.4 Å². The molecule has 0 saturated carbocycles. The Balaban J connectivity index is 1.95. The van der Waals surface area contributed by atoms with Crippen LogP contribution in [0.25, 0.3) is 0 Å². The monoisotopic (exact) mass is 342 g/mol. The van der Waals surface area contributed by atoms with Crippen LogP contribution in [0, 0.1) is 0 Å². The Morgan fingerprint density at radius 1 is 1.08 bits per heavy atom. The quantitative estimate of drug-likeness (QED) is 0.651. The van der Waals surface area contributed by atoms with Crippen LogP contribution in [0.1, 0.15) is 50.3 Å². The number of carbonyl (C=O) groups excluding carboxylic acids is 1. The van der Waals surface area contributed by atoms with E-state index >= 15 is 0 Å². The number of amides is 2. The lowest BCUT2D eigenvalue weighted by molar-refractivity contribution is 0.249. The van der Waals surface area contributed by atoms with Crippen LogP contribution in [-0.4, -0.2) is 12.3 Å². The Morgan fingerprint density at radius 3 is 2.38 bits per heavy atom. The second-order valence-corrected chi connectivity index (χ2v) is 6.91. The zero-order valence-electron chi connectivity index (χ0n) is 14.8. The largest absolute Gasteiger partial charge is 0.331 e. The SMILES string of the molecule is CCC(C)c1ccc(C(C)NC(=O)Nc2cccc(SC)c2)cc1. The molecule has 3 nitrogen and oxygen atoms in total. The number of benzene rings is 2. The second kappa shape index (κ2) is 8.78. The summed E-state index contributed by atoms with van der Waals surface area (Å²) in [6, 6.07) is 16.1. The van der Waals surface area contributed by atoms with E-state index in [0.29, 0.717) is 5.92 Å². The van der Waals surface area contributed by atoms with E-state index in [1.165, 1.54) is 5.56 Å². The van der Waals surface area contributed by atoms with Gasteiger partial charge in [0.05, 0.1) is 6.04 Å². The Hall–Kier alpha value is -1.94. The fourth-order valence-electron chi connectivity index (χ4n) is 2.50. The van der Waals surface area contributed by atoms with Gasteiger partial charge in [-0.3, -0.25) is 0 Å². The topological polar surface area (TPSA) is 41.1 Å². The number of hydrogen-bond donors (Lipinski definition) is 2. The normalized spacial score (nSPS) is 13.2. The van der Waals surface area contributed by atoms with Crippen LogP contribution in [0.2, 0.25) is 0 Å². The average Bonchev–Trinajstić information content (AvgIpc) is 2.61. The standard InChI is InChI=1S/C20H26N2OS/c1-5-14(2)16-9-11-17(12-10-16)15(3)21-20(23)22-18-7-6-8-19(13-18)24-4/h6-15H,5H2,1-4H3,(H2,21,22,23). The molecule has 24 heavy (non-hydrogen) atoms. The molecule has 128 valence electrons. The highest BCUT2D eigenvalue weighted by atomic mass is 32.2. The molecule has 2 rings (SSSR count). The minimum absolute atomic E-state index is 0.0419. The summed E-state index contributed by atoms with van der Waals surface area (Å²) >= 11 is 1.65. The van der Waals surface area contributed by atoms with E-state index in [1.807, 2.05) is 37.4 Å².